The van der Waals surface area contributed by atoms with Gasteiger partial charge < -0.3 is 17.1 Å². The van der Waals surface area contributed by atoms with Crippen LogP contribution >= 0.6 is 7.26 Å². The van der Waals surface area contributed by atoms with Gasteiger partial charge in [0.2, 0.25) is 0 Å². The third-order valence-corrected chi connectivity index (χ3v) is 9.44. The second-order valence-electron chi connectivity index (χ2n) is 6.20. The maximum absolute atomic E-state index is 6.33. The third kappa shape index (κ3) is 3.25. The fourth-order valence-electron chi connectivity index (χ4n) is 3.80. The summed E-state index contributed by atoms with van der Waals surface area (Å²) < 4.78 is 6.33. The van der Waals surface area contributed by atoms with E-state index in [0.717, 1.165) is 19.4 Å². The molecule has 1 nitrogen and oxygen atoms in total. The van der Waals surface area contributed by atoms with E-state index >= 15 is 0 Å². The Labute approximate surface area is 156 Å². The first-order valence-electron chi connectivity index (χ1n) is 8.59. The van der Waals surface area contributed by atoms with Crippen LogP contribution in [0.5, 0.6) is 0 Å². The lowest BCUT2D eigenvalue weighted by molar-refractivity contribution is -0.00000530. The highest BCUT2D eigenvalue weighted by molar-refractivity contribution is 7.96. The summed E-state index contributed by atoms with van der Waals surface area (Å²) in [4.78, 5) is 0. The number of hydrogen-bond donors (Lipinski definition) is 0. The van der Waals surface area contributed by atoms with Gasteiger partial charge in [-0.2, -0.15) is 0 Å². The SMILES string of the molecule is [Cl-].c1ccc([P+](c2ccccc2)(c2ccccc2)C2CCCO2)cc1. The Morgan fingerprint density at radius 3 is 1.36 bits per heavy atom. The molecule has 0 N–H and O–H groups in total. The zero-order valence-electron chi connectivity index (χ0n) is 14.1. The summed E-state index contributed by atoms with van der Waals surface area (Å²) in [6, 6.07) is 33.0. The van der Waals surface area contributed by atoms with E-state index in [0.29, 0.717) is 0 Å². The van der Waals surface area contributed by atoms with E-state index in [-0.39, 0.29) is 18.3 Å². The second-order valence-corrected chi connectivity index (χ2v) is 9.77. The average Bonchev–Trinajstić information content (AvgIpc) is 3.20. The lowest BCUT2D eigenvalue weighted by atomic mass is 10.3. The molecule has 1 aliphatic rings. The van der Waals surface area contributed by atoms with Crippen molar-refractivity contribution in [1.82, 2.24) is 0 Å². The summed E-state index contributed by atoms with van der Waals surface area (Å²) in [7, 11) is -1.82. The Morgan fingerprint density at radius 2 is 1.04 bits per heavy atom. The number of rotatable bonds is 4. The molecular formula is C22H22ClOP. The van der Waals surface area contributed by atoms with Crippen LogP contribution in [0, 0.1) is 0 Å². The first-order valence-corrected chi connectivity index (χ1v) is 10.5. The lowest BCUT2D eigenvalue weighted by Crippen LogP contribution is -3.00. The fraction of sp³-hybridized carbons (Fsp3) is 0.182. The monoisotopic (exact) mass is 368 g/mol. The average molecular weight is 369 g/mol. The quantitative estimate of drug-likeness (QED) is 0.627. The molecular weight excluding hydrogens is 347 g/mol. The van der Waals surface area contributed by atoms with E-state index < -0.39 is 7.26 Å². The van der Waals surface area contributed by atoms with Crippen LogP contribution in [0.3, 0.4) is 0 Å². The molecule has 0 spiro atoms. The van der Waals surface area contributed by atoms with Gasteiger partial charge in [0.25, 0.3) is 0 Å². The van der Waals surface area contributed by atoms with Crippen molar-refractivity contribution in [2.24, 2.45) is 0 Å². The van der Waals surface area contributed by atoms with Crippen LogP contribution in [0.15, 0.2) is 91.0 Å². The topological polar surface area (TPSA) is 9.23 Å². The molecule has 1 heterocycles. The van der Waals surface area contributed by atoms with Crippen molar-refractivity contribution in [3.8, 4) is 0 Å². The summed E-state index contributed by atoms with van der Waals surface area (Å²) in [5.74, 6) is 0.268. The number of benzene rings is 3. The molecule has 0 amide bonds. The van der Waals surface area contributed by atoms with Crippen LogP contribution < -0.4 is 28.3 Å². The van der Waals surface area contributed by atoms with Gasteiger partial charge in [-0.15, -0.1) is 0 Å². The van der Waals surface area contributed by atoms with Crippen molar-refractivity contribution in [3.63, 3.8) is 0 Å². The fourth-order valence-corrected chi connectivity index (χ4v) is 8.52. The molecule has 3 aromatic carbocycles. The van der Waals surface area contributed by atoms with E-state index in [9.17, 15) is 0 Å². The smallest absolute Gasteiger partial charge is 0.181 e. The predicted molar refractivity (Wildman–Crippen MR) is 104 cm³/mol. The van der Waals surface area contributed by atoms with Gasteiger partial charge >= 0.3 is 0 Å². The van der Waals surface area contributed by atoms with Gasteiger partial charge in [-0.05, 0) is 42.8 Å². The summed E-state index contributed by atoms with van der Waals surface area (Å²) in [6.45, 7) is 0.874. The van der Waals surface area contributed by atoms with E-state index in [1.165, 1.54) is 15.9 Å². The van der Waals surface area contributed by atoms with Gasteiger partial charge in [0.15, 0.2) is 5.85 Å². The molecule has 1 fully saturated rings. The summed E-state index contributed by atoms with van der Waals surface area (Å²) >= 11 is 0. The van der Waals surface area contributed by atoms with Gasteiger partial charge in [0, 0.05) is 6.42 Å². The largest absolute Gasteiger partial charge is 1.00 e. The summed E-state index contributed by atoms with van der Waals surface area (Å²) in [5, 5.41) is 4.23. The maximum atomic E-state index is 6.33. The molecule has 1 saturated heterocycles. The third-order valence-electron chi connectivity index (χ3n) is 4.83. The van der Waals surface area contributed by atoms with Gasteiger partial charge in [0.05, 0.1) is 6.61 Å². The number of halogens is 1. The molecule has 1 aliphatic heterocycles. The van der Waals surface area contributed by atoms with Crippen LogP contribution in [0.1, 0.15) is 12.8 Å². The second kappa shape index (κ2) is 8.15. The van der Waals surface area contributed by atoms with Gasteiger partial charge in [-0.3, -0.25) is 0 Å². The Balaban J connectivity index is 0.00000182. The van der Waals surface area contributed by atoms with Crippen LogP contribution in [0.25, 0.3) is 0 Å². The predicted octanol–water partition coefficient (Wildman–Crippen LogP) is 1.12. The van der Waals surface area contributed by atoms with E-state index in [2.05, 4.69) is 91.0 Å². The molecule has 0 aromatic heterocycles. The van der Waals surface area contributed by atoms with Crippen LogP contribution in [-0.4, -0.2) is 12.5 Å². The van der Waals surface area contributed by atoms with Crippen LogP contribution in [-0.2, 0) is 4.74 Å². The van der Waals surface area contributed by atoms with E-state index in [1.807, 2.05) is 0 Å². The zero-order valence-corrected chi connectivity index (χ0v) is 15.7. The molecule has 0 saturated carbocycles. The number of ether oxygens (including phenoxy) is 1. The molecule has 1 atom stereocenters. The molecule has 0 aliphatic carbocycles. The van der Waals surface area contributed by atoms with Crippen LogP contribution in [0.4, 0.5) is 0 Å². The van der Waals surface area contributed by atoms with Crippen molar-refractivity contribution in [2.75, 3.05) is 6.61 Å². The van der Waals surface area contributed by atoms with E-state index in [4.69, 9.17) is 4.74 Å². The van der Waals surface area contributed by atoms with Crippen molar-refractivity contribution >= 4 is 23.2 Å². The molecule has 0 bridgehead atoms. The minimum Gasteiger partial charge on any atom is -1.00 e. The Kier molecular flexibility index (Phi) is 5.91. The summed E-state index contributed by atoms with van der Waals surface area (Å²) in [6.07, 6.45) is 2.28. The Morgan fingerprint density at radius 1 is 0.640 bits per heavy atom. The van der Waals surface area contributed by atoms with Crippen LogP contribution in [0.2, 0.25) is 0 Å². The molecule has 128 valence electrons. The standard InChI is InChI=1S/C22H22OP.ClH/c1-4-11-19(12-5-1)24(22-17-10-18-23-22,20-13-6-2-7-14-20)21-15-8-3-9-16-21;/h1-9,11-16,22H,10,17-18H2;1H/q+1;/p-1. The van der Waals surface area contributed by atoms with E-state index in [1.54, 1.807) is 0 Å². The highest BCUT2D eigenvalue weighted by Crippen LogP contribution is 2.62. The van der Waals surface area contributed by atoms with Crippen molar-refractivity contribution < 1.29 is 17.1 Å². The Hall–Kier alpha value is -1.66. The van der Waals surface area contributed by atoms with Gasteiger partial charge in [-0.25, -0.2) is 0 Å². The minimum atomic E-state index is -1.82. The van der Waals surface area contributed by atoms with Gasteiger partial charge in [-0.1, -0.05) is 54.6 Å². The molecule has 25 heavy (non-hydrogen) atoms. The lowest BCUT2D eigenvalue weighted by Gasteiger charge is -2.31. The molecule has 1 unspecified atom stereocenters. The first-order chi connectivity index (χ1) is 11.9. The molecule has 4 rings (SSSR count). The van der Waals surface area contributed by atoms with Crippen molar-refractivity contribution in [2.45, 2.75) is 18.7 Å². The summed E-state index contributed by atoms with van der Waals surface area (Å²) in [5.41, 5.74) is 0. The van der Waals surface area contributed by atoms with Crippen molar-refractivity contribution in [1.29, 1.82) is 0 Å². The minimum absolute atomic E-state index is 0. The Bertz CT molecular complexity index is 674. The normalized spacial score (nSPS) is 17.0. The first kappa shape index (κ1) is 18.1. The van der Waals surface area contributed by atoms with Gasteiger partial charge in [0.1, 0.15) is 23.2 Å². The molecule has 3 heteroatoms. The number of hydrogen-bond acceptors (Lipinski definition) is 1. The molecule has 3 aromatic rings. The highest BCUT2D eigenvalue weighted by Gasteiger charge is 2.54. The molecule has 0 radical (unpaired) electrons. The maximum Gasteiger partial charge on any atom is 0.181 e. The highest BCUT2D eigenvalue weighted by atomic mass is 35.5. The zero-order chi connectivity index (χ0) is 16.2. The van der Waals surface area contributed by atoms with Crippen molar-refractivity contribution in [3.05, 3.63) is 91.0 Å².